The molecule has 0 bridgehead atoms. The maximum atomic E-state index is 4.34. The zero-order chi connectivity index (χ0) is 8.18. The number of anilines is 1. The molecule has 1 spiro atoms. The van der Waals surface area contributed by atoms with E-state index in [2.05, 4.69) is 32.3 Å². The van der Waals surface area contributed by atoms with Gasteiger partial charge in [0.15, 0.2) is 0 Å². The van der Waals surface area contributed by atoms with E-state index >= 15 is 0 Å². The lowest BCUT2D eigenvalue weighted by atomic mass is 10.0. The van der Waals surface area contributed by atoms with Gasteiger partial charge in [-0.25, -0.2) is 4.98 Å². The topological polar surface area (TPSA) is 24.9 Å². The second kappa shape index (κ2) is 2.02. The van der Waals surface area contributed by atoms with Gasteiger partial charge in [-0.05, 0) is 34.8 Å². The Labute approximate surface area is 79.5 Å². The second-order valence-corrected chi connectivity index (χ2v) is 4.60. The summed E-state index contributed by atoms with van der Waals surface area (Å²) in [5.74, 6) is 1.09. The Balaban J connectivity index is 2.20. The van der Waals surface area contributed by atoms with Crippen LogP contribution < -0.4 is 5.32 Å². The van der Waals surface area contributed by atoms with Gasteiger partial charge in [0.05, 0.1) is 0 Å². The van der Waals surface area contributed by atoms with Gasteiger partial charge in [0.2, 0.25) is 0 Å². The number of halogens is 1. The van der Waals surface area contributed by atoms with Gasteiger partial charge in [0, 0.05) is 28.2 Å². The Morgan fingerprint density at radius 2 is 2.33 bits per heavy atom. The maximum absolute atomic E-state index is 4.34. The van der Waals surface area contributed by atoms with Crippen LogP contribution in [0.15, 0.2) is 16.7 Å². The van der Waals surface area contributed by atoms with Gasteiger partial charge < -0.3 is 5.32 Å². The number of hydrogen-bond donors (Lipinski definition) is 1. The van der Waals surface area contributed by atoms with Crippen LogP contribution in [0.3, 0.4) is 0 Å². The molecule has 2 nitrogen and oxygen atoms in total. The fourth-order valence-corrected chi connectivity index (χ4v) is 2.26. The molecular weight excluding hydrogens is 216 g/mol. The molecule has 0 amide bonds. The van der Waals surface area contributed by atoms with Crippen molar-refractivity contribution in [3.05, 3.63) is 22.3 Å². The van der Waals surface area contributed by atoms with Crippen molar-refractivity contribution in [2.24, 2.45) is 0 Å². The molecule has 0 atom stereocenters. The minimum atomic E-state index is 0.464. The average Bonchev–Trinajstić information content (AvgIpc) is 2.74. The molecule has 1 aliphatic carbocycles. The van der Waals surface area contributed by atoms with Crippen molar-refractivity contribution >= 4 is 21.7 Å². The SMILES string of the molecule is Brc1cnc2c(c1)C1(CC1)CN2. The predicted octanol–water partition coefficient (Wildman–Crippen LogP) is 2.30. The Morgan fingerprint density at radius 3 is 3.08 bits per heavy atom. The van der Waals surface area contributed by atoms with E-state index in [9.17, 15) is 0 Å². The Morgan fingerprint density at radius 1 is 1.50 bits per heavy atom. The fraction of sp³-hybridized carbons (Fsp3) is 0.444. The van der Waals surface area contributed by atoms with Crippen LogP contribution in [0.4, 0.5) is 5.82 Å². The van der Waals surface area contributed by atoms with Crippen LogP contribution in [0.2, 0.25) is 0 Å². The van der Waals surface area contributed by atoms with E-state index in [-0.39, 0.29) is 0 Å². The van der Waals surface area contributed by atoms with Gasteiger partial charge in [-0.3, -0.25) is 0 Å². The van der Waals surface area contributed by atoms with E-state index < -0.39 is 0 Å². The molecule has 62 valence electrons. The van der Waals surface area contributed by atoms with Gasteiger partial charge >= 0.3 is 0 Å². The third-order valence-electron chi connectivity index (χ3n) is 2.87. The van der Waals surface area contributed by atoms with Crippen molar-refractivity contribution < 1.29 is 0 Å². The van der Waals surface area contributed by atoms with Gasteiger partial charge in [-0.2, -0.15) is 0 Å². The summed E-state index contributed by atoms with van der Waals surface area (Å²) in [6.45, 7) is 1.09. The van der Waals surface area contributed by atoms with E-state index in [0.29, 0.717) is 5.41 Å². The van der Waals surface area contributed by atoms with Crippen molar-refractivity contribution in [2.75, 3.05) is 11.9 Å². The molecule has 1 fully saturated rings. The normalized spacial score (nSPS) is 22.1. The molecule has 1 aromatic heterocycles. The molecule has 1 aromatic rings. The van der Waals surface area contributed by atoms with Crippen LogP contribution in [-0.2, 0) is 5.41 Å². The lowest BCUT2D eigenvalue weighted by Gasteiger charge is -2.04. The standard InChI is InChI=1S/C9H9BrN2/c10-6-3-7-8(11-4-6)12-5-9(7)1-2-9/h3-4H,1-2,5H2,(H,11,12). The molecule has 3 rings (SSSR count). The summed E-state index contributed by atoms with van der Waals surface area (Å²) in [6.07, 6.45) is 4.50. The molecule has 0 unspecified atom stereocenters. The van der Waals surface area contributed by atoms with Crippen molar-refractivity contribution in [3.8, 4) is 0 Å². The van der Waals surface area contributed by atoms with E-state index in [1.807, 2.05) is 6.20 Å². The fourth-order valence-electron chi connectivity index (χ4n) is 1.93. The first-order valence-electron chi connectivity index (χ1n) is 4.20. The number of rotatable bonds is 0. The lowest BCUT2D eigenvalue weighted by Crippen LogP contribution is -2.08. The molecular formula is C9H9BrN2. The summed E-state index contributed by atoms with van der Waals surface area (Å²) in [5.41, 5.74) is 1.88. The highest BCUT2D eigenvalue weighted by molar-refractivity contribution is 9.10. The number of pyridine rings is 1. The summed E-state index contributed by atoms with van der Waals surface area (Å²) in [4.78, 5) is 4.34. The number of hydrogen-bond acceptors (Lipinski definition) is 2. The maximum Gasteiger partial charge on any atom is 0.129 e. The third-order valence-corrected chi connectivity index (χ3v) is 3.31. The Kier molecular flexibility index (Phi) is 1.16. The van der Waals surface area contributed by atoms with Gasteiger partial charge in [-0.15, -0.1) is 0 Å². The van der Waals surface area contributed by atoms with Gasteiger partial charge in [-0.1, -0.05) is 0 Å². The second-order valence-electron chi connectivity index (χ2n) is 3.68. The average molecular weight is 225 g/mol. The van der Waals surface area contributed by atoms with Crippen molar-refractivity contribution in [2.45, 2.75) is 18.3 Å². The smallest absolute Gasteiger partial charge is 0.129 e. The molecule has 0 aromatic carbocycles. The zero-order valence-electron chi connectivity index (χ0n) is 6.60. The molecule has 1 aliphatic heterocycles. The molecule has 0 radical (unpaired) electrons. The zero-order valence-corrected chi connectivity index (χ0v) is 8.19. The third kappa shape index (κ3) is 0.774. The largest absolute Gasteiger partial charge is 0.369 e. The molecule has 1 N–H and O–H groups in total. The summed E-state index contributed by atoms with van der Waals surface area (Å²) in [6, 6.07) is 2.20. The molecule has 2 aliphatic rings. The quantitative estimate of drug-likeness (QED) is 0.732. The summed E-state index contributed by atoms with van der Waals surface area (Å²) in [7, 11) is 0. The molecule has 0 saturated heterocycles. The monoisotopic (exact) mass is 224 g/mol. The van der Waals surface area contributed by atoms with Crippen LogP contribution in [0, 0.1) is 0 Å². The molecule has 3 heteroatoms. The number of fused-ring (bicyclic) bond motifs is 2. The van der Waals surface area contributed by atoms with E-state index in [0.717, 1.165) is 16.8 Å². The van der Waals surface area contributed by atoms with Crippen molar-refractivity contribution in [3.63, 3.8) is 0 Å². The first-order valence-corrected chi connectivity index (χ1v) is 4.99. The minimum absolute atomic E-state index is 0.464. The van der Waals surface area contributed by atoms with Crippen molar-refractivity contribution in [1.82, 2.24) is 4.98 Å². The summed E-state index contributed by atoms with van der Waals surface area (Å²) < 4.78 is 1.09. The number of aromatic nitrogens is 1. The highest BCUT2D eigenvalue weighted by Crippen LogP contribution is 2.53. The molecule has 1 saturated carbocycles. The lowest BCUT2D eigenvalue weighted by molar-refractivity contribution is 0.777. The Bertz CT molecular complexity index is 344. The minimum Gasteiger partial charge on any atom is -0.369 e. The van der Waals surface area contributed by atoms with E-state index in [4.69, 9.17) is 0 Å². The highest BCUT2D eigenvalue weighted by Gasteiger charge is 2.49. The summed E-state index contributed by atoms with van der Waals surface area (Å²) >= 11 is 3.45. The first-order chi connectivity index (χ1) is 5.80. The highest BCUT2D eigenvalue weighted by atomic mass is 79.9. The number of nitrogens with zero attached hydrogens (tertiary/aromatic N) is 1. The van der Waals surface area contributed by atoms with Crippen LogP contribution in [-0.4, -0.2) is 11.5 Å². The first kappa shape index (κ1) is 6.89. The van der Waals surface area contributed by atoms with E-state index in [1.54, 1.807) is 0 Å². The van der Waals surface area contributed by atoms with Gasteiger partial charge in [0.25, 0.3) is 0 Å². The van der Waals surface area contributed by atoms with Gasteiger partial charge in [0.1, 0.15) is 5.82 Å². The molecule has 2 heterocycles. The Hall–Kier alpha value is -0.570. The van der Waals surface area contributed by atoms with Crippen LogP contribution in [0.5, 0.6) is 0 Å². The van der Waals surface area contributed by atoms with Crippen LogP contribution in [0.1, 0.15) is 18.4 Å². The predicted molar refractivity (Wildman–Crippen MR) is 51.3 cm³/mol. The summed E-state index contributed by atoms with van der Waals surface area (Å²) in [5, 5.41) is 3.35. The molecule has 12 heavy (non-hydrogen) atoms. The number of nitrogens with one attached hydrogen (secondary N) is 1. The van der Waals surface area contributed by atoms with Crippen molar-refractivity contribution in [1.29, 1.82) is 0 Å². The van der Waals surface area contributed by atoms with Crippen LogP contribution in [0.25, 0.3) is 0 Å². The van der Waals surface area contributed by atoms with Crippen LogP contribution >= 0.6 is 15.9 Å². The van der Waals surface area contributed by atoms with E-state index in [1.165, 1.54) is 18.4 Å².